The summed E-state index contributed by atoms with van der Waals surface area (Å²) in [4.78, 5) is 26.4. The van der Waals surface area contributed by atoms with E-state index in [-0.39, 0.29) is 0 Å². The number of halogens is 2. The fourth-order valence-corrected chi connectivity index (χ4v) is 3.12. The molecule has 2 heterocycles. The third-order valence-corrected chi connectivity index (χ3v) is 4.69. The van der Waals surface area contributed by atoms with Crippen molar-refractivity contribution in [1.29, 1.82) is 0 Å². The summed E-state index contributed by atoms with van der Waals surface area (Å²) in [6.45, 7) is 1.86. The number of hydrogen-bond acceptors (Lipinski definition) is 5. The van der Waals surface area contributed by atoms with Crippen molar-refractivity contribution in [2.24, 2.45) is 10.3 Å². The van der Waals surface area contributed by atoms with Gasteiger partial charge >= 0.3 is 0 Å². The molecule has 2 atom stereocenters. The SMILES string of the molecule is Cc1ccc(N2N=N[C@H]3C(=O)N(c4ccc(F)cc4)C(=O)[C@H]32)cc1Cl. The van der Waals surface area contributed by atoms with Crippen LogP contribution in [0.1, 0.15) is 5.56 Å². The molecule has 1 fully saturated rings. The maximum Gasteiger partial charge on any atom is 0.263 e. The van der Waals surface area contributed by atoms with Crippen LogP contribution in [0.25, 0.3) is 0 Å². The minimum atomic E-state index is -0.919. The molecule has 2 aliphatic heterocycles. The zero-order valence-corrected chi connectivity index (χ0v) is 13.8. The van der Waals surface area contributed by atoms with E-state index >= 15 is 0 Å². The van der Waals surface area contributed by atoms with Crippen molar-refractivity contribution < 1.29 is 14.0 Å². The minimum absolute atomic E-state index is 0.308. The first-order valence-corrected chi connectivity index (χ1v) is 7.95. The van der Waals surface area contributed by atoms with E-state index in [1.807, 2.05) is 6.92 Å². The number of carbonyl (C=O) groups excluding carboxylic acids is 2. The average molecular weight is 359 g/mol. The van der Waals surface area contributed by atoms with Crippen LogP contribution in [0.3, 0.4) is 0 Å². The van der Waals surface area contributed by atoms with Gasteiger partial charge in [-0.25, -0.2) is 14.3 Å². The number of fused-ring (bicyclic) bond motifs is 1. The Bertz CT molecular complexity index is 915. The first-order chi connectivity index (χ1) is 12.0. The highest BCUT2D eigenvalue weighted by atomic mass is 35.5. The van der Waals surface area contributed by atoms with Gasteiger partial charge in [0.1, 0.15) is 5.82 Å². The molecule has 0 unspecified atom stereocenters. The van der Waals surface area contributed by atoms with Crippen molar-refractivity contribution in [3.63, 3.8) is 0 Å². The Morgan fingerprint density at radius 1 is 1.04 bits per heavy atom. The molecule has 1 saturated heterocycles. The molecule has 0 N–H and O–H groups in total. The van der Waals surface area contributed by atoms with Crippen molar-refractivity contribution in [2.75, 3.05) is 9.91 Å². The highest BCUT2D eigenvalue weighted by Gasteiger charge is 2.55. The second-order valence-electron chi connectivity index (χ2n) is 5.86. The molecule has 0 saturated carbocycles. The molecule has 2 aromatic rings. The molecule has 2 amide bonds. The summed E-state index contributed by atoms with van der Waals surface area (Å²) < 4.78 is 13.1. The average Bonchev–Trinajstić information content (AvgIpc) is 3.13. The third kappa shape index (κ3) is 2.39. The zero-order valence-electron chi connectivity index (χ0n) is 13.1. The summed E-state index contributed by atoms with van der Waals surface area (Å²) in [5, 5.41) is 9.86. The van der Waals surface area contributed by atoms with Crippen molar-refractivity contribution in [1.82, 2.24) is 0 Å². The summed E-state index contributed by atoms with van der Waals surface area (Å²) >= 11 is 6.14. The van der Waals surface area contributed by atoms with Crippen molar-refractivity contribution >= 4 is 34.8 Å². The molecule has 8 heteroatoms. The van der Waals surface area contributed by atoms with Gasteiger partial charge in [0, 0.05) is 5.02 Å². The number of aryl methyl sites for hydroxylation is 1. The Hall–Kier alpha value is -2.80. The Morgan fingerprint density at radius 2 is 1.72 bits per heavy atom. The number of amides is 2. The summed E-state index contributed by atoms with van der Waals surface area (Å²) in [6, 6.07) is 8.63. The van der Waals surface area contributed by atoms with E-state index in [1.165, 1.54) is 29.3 Å². The summed E-state index contributed by atoms with van der Waals surface area (Å²) in [5.74, 6) is -1.38. The molecule has 2 aromatic carbocycles. The normalized spacial score (nSPS) is 22.0. The predicted molar refractivity (Wildman–Crippen MR) is 90.0 cm³/mol. The maximum atomic E-state index is 13.1. The number of carbonyl (C=O) groups is 2. The van der Waals surface area contributed by atoms with Crippen LogP contribution in [-0.2, 0) is 9.59 Å². The van der Waals surface area contributed by atoms with E-state index in [2.05, 4.69) is 10.3 Å². The highest BCUT2D eigenvalue weighted by molar-refractivity contribution is 6.31. The van der Waals surface area contributed by atoms with Crippen LogP contribution in [0.4, 0.5) is 15.8 Å². The van der Waals surface area contributed by atoms with Gasteiger partial charge in [-0.3, -0.25) is 9.59 Å². The molecular weight excluding hydrogens is 347 g/mol. The first-order valence-electron chi connectivity index (χ1n) is 7.57. The molecule has 0 spiro atoms. The summed E-state index contributed by atoms with van der Waals surface area (Å²) in [5.41, 5.74) is 1.77. The molecule has 25 heavy (non-hydrogen) atoms. The number of rotatable bonds is 2. The third-order valence-electron chi connectivity index (χ3n) is 4.29. The second-order valence-corrected chi connectivity index (χ2v) is 6.27. The van der Waals surface area contributed by atoms with Gasteiger partial charge in [0.05, 0.1) is 11.4 Å². The largest absolute Gasteiger partial charge is 0.271 e. The lowest BCUT2D eigenvalue weighted by Gasteiger charge is -2.21. The van der Waals surface area contributed by atoms with Gasteiger partial charge in [-0.2, -0.15) is 5.11 Å². The molecule has 126 valence electrons. The van der Waals surface area contributed by atoms with Crippen LogP contribution in [-0.4, -0.2) is 23.9 Å². The smallest absolute Gasteiger partial charge is 0.263 e. The molecular formula is C17H12ClFN4O2. The first kappa shape index (κ1) is 15.7. The molecule has 6 nitrogen and oxygen atoms in total. The highest BCUT2D eigenvalue weighted by Crippen LogP contribution is 2.36. The van der Waals surface area contributed by atoms with Crippen LogP contribution in [0, 0.1) is 12.7 Å². The monoisotopic (exact) mass is 358 g/mol. The van der Waals surface area contributed by atoms with Crippen molar-refractivity contribution in [3.8, 4) is 0 Å². The lowest BCUT2D eigenvalue weighted by atomic mass is 10.1. The predicted octanol–water partition coefficient (Wildman–Crippen LogP) is 3.29. The number of anilines is 2. The molecule has 0 bridgehead atoms. The Morgan fingerprint density at radius 3 is 2.40 bits per heavy atom. The molecule has 2 aliphatic rings. The zero-order chi connectivity index (χ0) is 17.7. The number of imide groups is 1. The van der Waals surface area contributed by atoms with Gasteiger partial charge in [0.15, 0.2) is 12.1 Å². The van der Waals surface area contributed by atoms with Gasteiger partial charge in [0.25, 0.3) is 11.8 Å². The number of benzene rings is 2. The van der Waals surface area contributed by atoms with E-state index in [0.29, 0.717) is 16.4 Å². The van der Waals surface area contributed by atoms with Crippen molar-refractivity contribution in [3.05, 3.63) is 58.9 Å². The lowest BCUT2D eigenvalue weighted by Crippen LogP contribution is -2.39. The second kappa shape index (κ2) is 5.63. The fourth-order valence-electron chi connectivity index (χ4n) is 2.94. The topological polar surface area (TPSA) is 65.3 Å². The Kier molecular flexibility index (Phi) is 3.54. The molecule has 0 aromatic heterocycles. The minimum Gasteiger partial charge on any atom is -0.271 e. The number of hydrogen-bond donors (Lipinski definition) is 0. The maximum absolute atomic E-state index is 13.1. The van der Waals surface area contributed by atoms with Crippen LogP contribution < -0.4 is 9.91 Å². The molecule has 4 rings (SSSR count). The van der Waals surface area contributed by atoms with Crippen LogP contribution in [0.5, 0.6) is 0 Å². The fraction of sp³-hybridized carbons (Fsp3) is 0.176. The van der Waals surface area contributed by atoms with E-state index in [0.717, 1.165) is 10.5 Å². The van der Waals surface area contributed by atoms with Crippen LogP contribution in [0.15, 0.2) is 52.8 Å². The van der Waals surface area contributed by atoms with Gasteiger partial charge in [-0.15, -0.1) is 0 Å². The van der Waals surface area contributed by atoms with E-state index in [4.69, 9.17) is 11.6 Å². The standard InChI is InChI=1S/C17H12ClFN4O2/c1-9-2-5-12(8-13(9)18)23-15-14(20-21-23)16(24)22(17(15)25)11-6-3-10(19)4-7-11/h2-8,14-15H,1H3/t14-,15+/m1/s1. The van der Waals surface area contributed by atoms with Gasteiger partial charge < -0.3 is 0 Å². The molecule has 0 radical (unpaired) electrons. The van der Waals surface area contributed by atoms with E-state index in [9.17, 15) is 14.0 Å². The summed E-state index contributed by atoms with van der Waals surface area (Å²) in [6.07, 6.45) is 0. The Balaban J connectivity index is 1.70. The van der Waals surface area contributed by atoms with Gasteiger partial charge in [-0.05, 0) is 48.9 Å². The lowest BCUT2D eigenvalue weighted by molar-refractivity contribution is -0.121. The summed E-state index contributed by atoms with van der Waals surface area (Å²) in [7, 11) is 0. The Labute approximate surface area is 147 Å². The van der Waals surface area contributed by atoms with Crippen LogP contribution >= 0.6 is 11.6 Å². The van der Waals surface area contributed by atoms with Crippen molar-refractivity contribution in [2.45, 2.75) is 19.0 Å². The quantitative estimate of drug-likeness (QED) is 0.774. The number of nitrogens with zero attached hydrogens (tertiary/aromatic N) is 4. The van der Waals surface area contributed by atoms with Gasteiger partial charge in [0.2, 0.25) is 0 Å². The molecule has 0 aliphatic carbocycles. The van der Waals surface area contributed by atoms with E-state index in [1.54, 1.807) is 18.2 Å². The van der Waals surface area contributed by atoms with E-state index < -0.39 is 29.7 Å². The van der Waals surface area contributed by atoms with Gasteiger partial charge in [-0.1, -0.05) is 22.9 Å². The van der Waals surface area contributed by atoms with Crippen LogP contribution in [0.2, 0.25) is 5.02 Å².